The second kappa shape index (κ2) is 45.4. The topological polar surface area (TPSA) is 78.9 Å². The van der Waals surface area contributed by atoms with Crippen LogP contribution < -0.4 is 0 Å². The molecule has 0 aromatic rings. The summed E-state index contributed by atoms with van der Waals surface area (Å²) in [4.78, 5) is 38.0. The monoisotopic (exact) mass is 849 g/mol. The van der Waals surface area contributed by atoms with Gasteiger partial charge in [-0.15, -0.1) is 0 Å². The summed E-state index contributed by atoms with van der Waals surface area (Å²) in [6.45, 7) is 13.7. The van der Waals surface area contributed by atoms with Crippen molar-refractivity contribution in [1.82, 2.24) is 0 Å². The SMILES string of the molecule is CCC(C)CCCCCCCCCCCCCCCCC(=O)OC[C@@H](COC(=O)CCCCCCCCCCC(C)C)OC(=O)CCCCCCCCCCCCC(C)C. The van der Waals surface area contributed by atoms with Gasteiger partial charge in [-0.3, -0.25) is 14.4 Å². The maximum Gasteiger partial charge on any atom is 0.306 e. The van der Waals surface area contributed by atoms with Crippen molar-refractivity contribution in [2.75, 3.05) is 13.2 Å². The lowest BCUT2D eigenvalue weighted by Crippen LogP contribution is -2.30. The maximum atomic E-state index is 12.8. The average molecular weight is 849 g/mol. The summed E-state index contributed by atoms with van der Waals surface area (Å²) in [5, 5.41) is 0. The van der Waals surface area contributed by atoms with E-state index in [4.69, 9.17) is 14.2 Å². The van der Waals surface area contributed by atoms with E-state index in [0.717, 1.165) is 75.5 Å². The van der Waals surface area contributed by atoms with Gasteiger partial charge < -0.3 is 14.2 Å². The van der Waals surface area contributed by atoms with Gasteiger partial charge in [0.25, 0.3) is 0 Å². The highest BCUT2D eigenvalue weighted by atomic mass is 16.6. The molecule has 6 nitrogen and oxygen atoms in total. The summed E-state index contributed by atoms with van der Waals surface area (Å²) in [5.74, 6) is 1.66. The van der Waals surface area contributed by atoms with Gasteiger partial charge >= 0.3 is 17.9 Å². The first-order valence-electron chi connectivity index (χ1n) is 26.6. The minimum absolute atomic E-state index is 0.0648. The van der Waals surface area contributed by atoms with Crippen LogP contribution in [0.4, 0.5) is 0 Å². The predicted octanol–water partition coefficient (Wildman–Crippen LogP) is 17.2. The second-order valence-corrected chi connectivity index (χ2v) is 19.7. The van der Waals surface area contributed by atoms with E-state index in [1.165, 1.54) is 173 Å². The fraction of sp³-hybridized carbons (Fsp3) is 0.944. The van der Waals surface area contributed by atoms with Crippen LogP contribution in [0.3, 0.4) is 0 Å². The largest absolute Gasteiger partial charge is 0.462 e. The maximum absolute atomic E-state index is 12.8. The Balaban J connectivity index is 4.28. The number of unbranched alkanes of at least 4 members (excludes halogenated alkanes) is 29. The lowest BCUT2D eigenvalue weighted by Gasteiger charge is -2.18. The van der Waals surface area contributed by atoms with Crippen molar-refractivity contribution in [2.24, 2.45) is 17.8 Å². The summed E-state index contributed by atoms with van der Waals surface area (Å²) in [7, 11) is 0. The van der Waals surface area contributed by atoms with E-state index in [0.29, 0.717) is 19.3 Å². The number of hydrogen-bond acceptors (Lipinski definition) is 6. The van der Waals surface area contributed by atoms with Crippen molar-refractivity contribution in [2.45, 2.75) is 298 Å². The summed E-state index contributed by atoms with van der Waals surface area (Å²) in [6.07, 6.45) is 45.2. The third-order valence-electron chi connectivity index (χ3n) is 12.5. The van der Waals surface area contributed by atoms with Crippen LogP contribution in [0.15, 0.2) is 0 Å². The van der Waals surface area contributed by atoms with Gasteiger partial charge in [0.05, 0.1) is 0 Å². The minimum atomic E-state index is -0.763. The Labute approximate surface area is 374 Å². The molecule has 0 N–H and O–H groups in total. The van der Waals surface area contributed by atoms with E-state index in [-0.39, 0.29) is 31.1 Å². The molecule has 0 aliphatic rings. The molecule has 0 saturated carbocycles. The molecule has 0 aliphatic heterocycles. The van der Waals surface area contributed by atoms with E-state index in [1.807, 2.05) is 0 Å². The van der Waals surface area contributed by atoms with Crippen LogP contribution >= 0.6 is 0 Å². The molecule has 2 atom stereocenters. The molecule has 0 aliphatic carbocycles. The van der Waals surface area contributed by atoms with Crippen molar-refractivity contribution in [1.29, 1.82) is 0 Å². The Morgan fingerprint density at radius 2 is 0.583 bits per heavy atom. The molecule has 0 saturated heterocycles. The van der Waals surface area contributed by atoms with Gasteiger partial charge in [0.1, 0.15) is 13.2 Å². The quantitative estimate of drug-likeness (QED) is 0.0345. The normalized spacial score (nSPS) is 12.6. The van der Waals surface area contributed by atoms with E-state index in [1.54, 1.807) is 0 Å². The number of carbonyl (C=O) groups is 3. The highest BCUT2D eigenvalue weighted by Gasteiger charge is 2.19. The molecular formula is C54H104O6. The van der Waals surface area contributed by atoms with Crippen LogP contribution in [-0.4, -0.2) is 37.2 Å². The molecule has 0 amide bonds. The number of ether oxygens (including phenoxy) is 3. The Kier molecular flexibility index (Phi) is 44.2. The zero-order chi connectivity index (χ0) is 44.2. The molecule has 0 radical (unpaired) electrons. The van der Waals surface area contributed by atoms with Gasteiger partial charge in [-0.05, 0) is 37.0 Å². The van der Waals surface area contributed by atoms with E-state index < -0.39 is 6.10 Å². The Bertz CT molecular complexity index is 931. The van der Waals surface area contributed by atoms with Crippen LogP contribution in [0.5, 0.6) is 0 Å². The van der Waals surface area contributed by atoms with Crippen LogP contribution in [-0.2, 0) is 28.6 Å². The highest BCUT2D eigenvalue weighted by Crippen LogP contribution is 2.18. The summed E-state index contributed by atoms with van der Waals surface area (Å²) < 4.78 is 16.8. The molecule has 1 unspecified atom stereocenters. The molecule has 0 spiro atoms. The van der Waals surface area contributed by atoms with Crippen LogP contribution in [0, 0.1) is 17.8 Å². The lowest BCUT2D eigenvalue weighted by molar-refractivity contribution is -0.167. The van der Waals surface area contributed by atoms with Gasteiger partial charge in [-0.1, -0.05) is 253 Å². The molecule has 0 heterocycles. The Hall–Kier alpha value is -1.59. The highest BCUT2D eigenvalue weighted by molar-refractivity contribution is 5.71. The minimum Gasteiger partial charge on any atom is -0.462 e. The fourth-order valence-electron chi connectivity index (χ4n) is 8.08. The summed E-state index contributed by atoms with van der Waals surface area (Å²) in [5.41, 5.74) is 0. The van der Waals surface area contributed by atoms with Crippen molar-refractivity contribution in [3.8, 4) is 0 Å². The summed E-state index contributed by atoms with van der Waals surface area (Å²) >= 11 is 0. The summed E-state index contributed by atoms with van der Waals surface area (Å²) in [6, 6.07) is 0. The Morgan fingerprint density at radius 3 is 0.867 bits per heavy atom. The molecule has 60 heavy (non-hydrogen) atoms. The van der Waals surface area contributed by atoms with Crippen LogP contribution in [0.2, 0.25) is 0 Å². The van der Waals surface area contributed by atoms with Crippen molar-refractivity contribution < 1.29 is 28.6 Å². The van der Waals surface area contributed by atoms with Gasteiger partial charge in [0.15, 0.2) is 6.10 Å². The third kappa shape index (κ3) is 45.9. The van der Waals surface area contributed by atoms with E-state index >= 15 is 0 Å². The fourth-order valence-corrected chi connectivity index (χ4v) is 8.08. The van der Waals surface area contributed by atoms with Gasteiger partial charge in [-0.25, -0.2) is 0 Å². The molecule has 0 aromatic carbocycles. The van der Waals surface area contributed by atoms with E-state index in [2.05, 4.69) is 41.5 Å². The second-order valence-electron chi connectivity index (χ2n) is 19.7. The first kappa shape index (κ1) is 58.4. The van der Waals surface area contributed by atoms with Gasteiger partial charge in [-0.2, -0.15) is 0 Å². The molecule has 356 valence electrons. The standard InChI is InChI=1S/C54H104O6/c1-7-50(6)42-36-30-24-17-12-10-8-9-11-13-18-25-31-37-43-52(55)58-46-51(47-59-53(56)44-38-32-26-21-20-23-29-35-41-49(4)5)60-54(57)45-39-33-27-19-15-14-16-22-28-34-40-48(2)3/h48-51H,7-47H2,1-6H3/t50?,51-/m0/s1. The molecular weight excluding hydrogens is 745 g/mol. The Morgan fingerprint density at radius 1 is 0.333 bits per heavy atom. The van der Waals surface area contributed by atoms with Gasteiger partial charge in [0, 0.05) is 19.3 Å². The van der Waals surface area contributed by atoms with Gasteiger partial charge in [0.2, 0.25) is 0 Å². The molecule has 0 rings (SSSR count). The molecule has 0 aromatic heterocycles. The van der Waals surface area contributed by atoms with Crippen LogP contribution in [0.25, 0.3) is 0 Å². The zero-order valence-electron chi connectivity index (χ0n) is 41.3. The van der Waals surface area contributed by atoms with Crippen molar-refractivity contribution in [3.63, 3.8) is 0 Å². The smallest absolute Gasteiger partial charge is 0.306 e. The lowest BCUT2D eigenvalue weighted by atomic mass is 9.99. The third-order valence-corrected chi connectivity index (χ3v) is 12.5. The number of rotatable bonds is 47. The van der Waals surface area contributed by atoms with E-state index in [9.17, 15) is 14.4 Å². The molecule has 0 fully saturated rings. The average Bonchev–Trinajstić information content (AvgIpc) is 3.22. The molecule has 0 bridgehead atoms. The first-order valence-corrected chi connectivity index (χ1v) is 26.6. The zero-order valence-corrected chi connectivity index (χ0v) is 41.3. The number of hydrogen-bond donors (Lipinski definition) is 0. The number of esters is 3. The first-order chi connectivity index (χ1) is 29.1. The number of carbonyl (C=O) groups excluding carboxylic acids is 3. The predicted molar refractivity (Wildman–Crippen MR) is 256 cm³/mol. The van der Waals surface area contributed by atoms with Crippen molar-refractivity contribution >= 4 is 17.9 Å². The van der Waals surface area contributed by atoms with Crippen LogP contribution in [0.1, 0.15) is 292 Å². The molecule has 6 heteroatoms. The van der Waals surface area contributed by atoms with Crippen molar-refractivity contribution in [3.05, 3.63) is 0 Å².